The van der Waals surface area contributed by atoms with Crippen molar-refractivity contribution in [3.63, 3.8) is 0 Å². The average Bonchev–Trinajstić information content (AvgIpc) is 3.06. The summed E-state index contributed by atoms with van der Waals surface area (Å²) in [5.74, 6) is 1.12. The molecule has 0 unspecified atom stereocenters. The van der Waals surface area contributed by atoms with Crippen LogP contribution < -0.4 is 10.5 Å². The van der Waals surface area contributed by atoms with Crippen LogP contribution in [0.4, 0.5) is 11.5 Å². The number of nitro groups is 1. The smallest absolute Gasteiger partial charge is 0.348 e. The topological polar surface area (TPSA) is 102 Å². The molecule has 0 aromatic carbocycles. The third kappa shape index (κ3) is 3.14. The van der Waals surface area contributed by atoms with Gasteiger partial charge < -0.3 is 9.47 Å². The third-order valence-corrected chi connectivity index (χ3v) is 4.83. The normalized spacial score (nSPS) is 15.4. The van der Waals surface area contributed by atoms with Gasteiger partial charge in [-0.25, -0.2) is 9.97 Å². The SMILES string of the molecule is Cn1ccnc1CN1CCN(c2nc3ccccn3c(=O)c2[N+](=O)[O-])CC1. The van der Waals surface area contributed by atoms with Crippen LogP contribution in [0.3, 0.4) is 0 Å². The Morgan fingerprint density at radius 3 is 2.63 bits per heavy atom. The number of rotatable bonds is 4. The third-order valence-electron chi connectivity index (χ3n) is 4.83. The molecule has 4 rings (SSSR count). The predicted octanol–water partition coefficient (Wildman–Crippen LogP) is 0.658. The van der Waals surface area contributed by atoms with Crippen LogP contribution >= 0.6 is 0 Å². The predicted molar refractivity (Wildman–Crippen MR) is 98.8 cm³/mol. The van der Waals surface area contributed by atoms with Crippen molar-refractivity contribution in [1.29, 1.82) is 0 Å². The lowest BCUT2D eigenvalue weighted by atomic mass is 10.3. The summed E-state index contributed by atoms with van der Waals surface area (Å²) in [5.41, 5.74) is -0.731. The van der Waals surface area contributed by atoms with Gasteiger partial charge in [0.25, 0.3) is 0 Å². The van der Waals surface area contributed by atoms with Crippen LogP contribution in [0, 0.1) is 10.1 Å². The zero-order valence-electron chi connectivity index (χ0n) is 14.9. The second kappa shape index (κ2) is 6.80. The molecule has 0 radical (unpaired) electrons. The van der Waals surface area contributed by atoms with Gasteiger partial charge in [0.05, 0.1) is 11.5 Å². The summed E-state index contributed by atoms with van der Waals surface area (Å²) in [6.07, 6.45) is 5.16. The Morgan fingerprint density at radius 1 is 1.19 bits per heavy atom. The van der Waals surface area contributed by atoms with Gasteiger partial charge in [0.15, 0.2) is 0 Å². The molecular formula is C17H19N7O3. The van der Waals surface area contributed by atoms with Crippen molar-refractivity contribution >= 4 is 17.2 Å². The summed E-state index contributed by atoms with van der Waals surface area (Å²) in [7, 11) is 1.95. The molecule has 3 aromatic heterocycles. The highest BCUT2D eigenvalue weighted by atomic mass is 16.6. The maximum absolute atomic E-state index is 12.6. The van der Waals surface area contributed by atoms with Crippen molar-refractivity contribution in [3.8, 4) is 0 Å². The van der Waals surface area contributed by atoms with E-state index in [1.807, 2.05) is 22.7 Å². The van der Waals surface area contributed by atoms with Gasteiger partial charge in [-0.3, -0.25) is 24.2 Å². The number of piperazine rings is 1. The van der Waals surface area contributed by atoms with E-state index in [2.05, 4.69) is 14.9 Å². The molecule has 0 aliphatic carbocycles. The van der Waals surface area contributed by atoms with Gasteiger partial charge in [-0.2, -0.15) is 0 Å². The van der Waals surface area contributed by atoms with Crippen LogP contribution in [0.15, 0.2) is 41.6 Å². The molecule has 0 spiro atoms. The molecule has 10 nitrogen and oxygen atoms in total. The zero-order chi connectivity index (χ0) is 19.0. The first-order valence-electron chi connectivity index (χ1n) is 8.64. The first-order valence-corrected chi connectivity index (χ1v) is 8.64. The van der Waals surface area contributed by atoms with Crippen LogP contribution in [0.5, 0.6) is 0 Å². The summed E-state index contributed by atoms with van der Waals surface area (Å²) >= 11 is 0. The molecular weight excluding hydrogens is 350 g/mol. The van der Waals surface area contributed by atoms with Gasteiger partial charge in [-0.1, -0.05) is 6.07 Å². The maximum Gasteiger partial charge on any atom is 0.376 e. The standard InChI is InChI=1S/C17H19N7O3/c1-20-7-5-18-14(20)12-21-8-10-22(11-9-21)16-15(24(26)27)17(25)23-6-3-2-4-13(23)19-16/h2-7H,8-12H2,1H3. The fourth-order valence-electron chi connectivity index (χ4n) is 3.31. The number of anilines is 1. The highest BCUT2D eigenvalue weighted by Gasteiger charge is 2.29. The van der Waals surface area contributed by atoms with Crippen LogP contribution in [0.25, 0.3) is 5.65 Å². The first-order chi connectivity index (χ1) is 13.0. The fourth-order valence-corrected chi connectivity index (χ4v) is 3.31. The molecule has 0 N–H and O–H groups in total. The maximum atomic E-state index is 12.6. The van der Waals surface area contributed by atoms with Gasteiger partial charge in [0.2, 0.25) is 5.82 Å². The molecule has 0 amide bonds. The molecule has 10 heteroatoms. The summed E-state index contributed by atoms with van der Waals surface area (Å²) in [4.78, 5) is 36.3. The number of hydrogen-bond donors (Lipinski definition) is 0. The van der Waals surface area contributed by atoms with Crippen molar-refractivity contribution < 1.29 is 4.92 Å². The Bertz CT molecular complexity index is 1050. The lowest BCUT2D eigenvalue weighted by Gasteiger charge is -2.34. The summed E-state index contributed by atoms with van der Waals surface area (Å²) in [5, 5.41) is 11.5. The minimum Gasteiger partial charge on any atom is -0.348 e. The average molecular weight is 369 g/mol. The fraction of sp³-hybridized carbons (Fsp3) is 0.353. The highest BCUT2D eigenvalue weighted by Crippen LogP contribution is 2.24. The van der Waals surface area contributed by atoms with E-state index in [9.17, 15) is 14.9 Å². The van der Waals surface area contributed by atoms with Gasteiger partial charge in [0, 0.05) is 51.8 Å². The molecule has 0 bridgehead atoms. The van der Waals surface area contributed by atoms with Crippen LogP contribution in [-0.4, -0.2) is 54.9 Å². The van der Waals surface area contributed by atoms with Gasteiger partial charge in [0.1, 0.15) is 11.5 Å². The molecule has 0 atom stereocenters. The lowest BCUT2D eigenvalue weighted by Crippen LogP contribution is -2.47. The quantitative estimate of drug-likeness (QED) is 0.492. The second-order valence-corrected chi connectivity index (χ2v) is 6.49. The van der Waals surface area contributed by atoms with E-state index < -0.39 is 16.2 Å². The molecule has 1 saturated heterocycles. The molecule has 0 saturated carbocycles. The minimum absolute atomic E-state index is 0.146. The van der Waals surface area contributed by atoms with Gasteiger partial charge in [-0.15, -0.1) is 0 Å². The molecule has 140 valence electrons. The number of aromatic nitrogens is 4. The Hall–Kier alpha value is -3.27. The highest BCUT2D eigenvalue weighted by molar-refractivity contribution is 5.61. The van der Waals surface area contributed by atoms with Crippen molar-refractivity contribution in [2.75, 3.05) is 31.1 Å². The van der Waals surface area contributed by atoms with Crippen molar-refractivity contribution in [1.82, 2.24) is 23.8 Å². The lowest BCUT2D eigenvalue weighted by molar-refractivity contribution is -0.385. The molecule has 4 heterocycles. The van der Waals surface area contributed by atoms with E-state index in [0.717, 1.165) is 5.82 Å². The van der Waals surface area contributed by atoms with E-state index >= 15 is 0 Å². The van der Waals surface area contributed by atoms with Crippen molar-refractivity contribution in [2.24, 2.45) is 7.05 Å². The van der Waals surface area contributed by atoms with Crippen molar-refractivity contribution in [3.05, 3.63) is 63.1 Å². The molecule has 1 aliphatic heterocycles. The minimum atomic E-state index is -0.656. The van der Waals surface area contributed by atoms with E-state index in [0.29, 0.717) is 38.4 Å². The van der Waals surface area contributed by atoms with Crippen LogP contribution in [0.2, 0.25) is 0 Å². The monoisotopic (exact) mass is 369 g/mol. The van der Waals surface area contributed by atoms with Crippen LogP contribution in [-0.2, 0) is 13.6 Å². The number of aryl methyl sites for hydroxylation is 1. The number of nitrogens with zero attached hydrogens (tertiary/aromatic N) is 7. The Balaban J connectivity index is 1.60. The number of imidazole rings is 1. The first kappa shape index (κ1) is 17.2. The summed E-state index contributed by atoms with van der Waals surface area (Å²) < 4.78 is 3.18. The zero-order valence-corrected chi connectivity index (χ0v) is 14.9. The molecule has 3 aromatic rings. The van der Waals surface area contributed by atoms with E-state index in [4.69, 9.17) is 0 Å². The van der Waals surface area contributed by atoms with Gasteiger partial charge in [-0.05, 0) is 12.1 Å². The number of pyridine rings is 1. The Labute approximate surface area is 154 Å². The number of fused-ring (bicyclic) bond motifs is 1. The van der Waals surface area contributed by atoms with Crippen molar-refractivity contribution in [2.45, 2.75) is 6.54 Å². The second-order valence-electron chi connectivity index (χ2n) is 6.49. The molecule has 1 fully saturated rings. The van der Waals surface area contributed by atoms with Gasteiger partial charge >= 0.3 is 11.2 Å². The van der Waals surface area contributed by atoms with Crippen LogP contribution in [0.1, 0.15) is 5.82 Å². The number of hydrogen-bond acceptors (Lipinski definition) is 7. The Morgan fingerprint density at radius 2 is 1.96 bits per heavy atom. The molecule has 1 aliphatic rings. The van der Waals surface area contributed by atoms with E-state index in [-0.39, 0.29) is 5.82 Å². The summed E-state index contributed by atoms with van der Waals surface area (Å²) in [6.45, 7) is 3.24. The Kier molecular flexibility index (Phi) is 4.32. The summed E-state index contributed by atoms with van der Waals surface area (Å²) in [6, 6.07) is 5.07. The molecule has 27 heavy (non-hydrogen) atoms. The largest absolute Gasteiger partial charge is 0.376 e. The van der Waals surface area contributed by atoms with E-state index in [1.54, 1.807) is 24.4 Å². The van der Waals surface area contributed by atoms with E-state index in [1.165, 1.54) is 10.6 Å².